The molecule has 2 nitrogen and oxygen atoms in total. The summed E-state index contributed by atoms with van der Waals surface area (Å²) in [6.45, 7) is 0. The van der Waals surface area contributed by atoms with Gasteiger partial charge in [-0.05, 0) is 41.5 Å². The molecule has 0 atom stereocenters. The third-order valence-electron chi connectivity index (χ3n) is 9.98. The minimum atomic E-state index is -3.79. The average Bonchev–Trinajstić information content (AvgIpc) is 3.26. The Balaban J connectivity index is 1.54. The Morgan fingerprint density at radius 2 is 0.340 bits per heavy atom. The second-order valence-corrected chi connectivity index (χ2v) is 23.3. The summed E-state index contributed by atoms with van der Waals surface area (Å²) in [7, 11) is -10.5. The van der Waals surface area contributed by atoms with Crippen molar-refractivity contribution in [1.29, 1.82) is 0 Å². The maximum atomic E-state index is 8.57. The van der Waals surface area contributed by atoms with Crippen LogP contribution < -0.4 is 41.5 Å². The highest BCUT2D eigenvalue weighted by atomic mass is 28.5. The van der Waals surface area contributed by atoms with Crippen molar-refractivity contribution in [3.63, 3.8) is 0 Å². The van der Waals surface area contributed by atoms with E-state index < -0.39 is 25.2 Å². The van der Waals surface area contributed by atoms with Crippen LogP contribution in [-0.4, -0.2) is 25.2 Å². The van der Waals surface area contributed by atoms with Crippen LogP contribution in [-0.2, 0) is 8.23 Å². The van der Waals surface area contributed by atoms with E-state index in [0.717, 1.165) is 41.5 Å². The van der Waals surface area contributed by atoms with Gasteiger partial charge < -0.3 is 8.23 Å². The minimum absolute atomic E-state index is 1.06. The van der Waals surface area contributed by atoms with Gasteiger partial charge in [-0.25, -0.2) is 0 Å². The molecule has 8 rings (SSSR count). The van der Waals surface area contributed by atoms with Crippen LogP contribution in [0.3, 0.4) is 0 Å². The zero-order chi connectivity index (χ0) is 35.8. The highest BCUT2D eigenvalue weighted by Gasteiger charge is 2.58. The predicted molar refractivity (Wildman–Crippen MR) is 228 cm³/mol. The molecular weight excluding hydrogens is 693 g/mol. The SMILES string of the molecule is c1ccc([Si](O[Si](c2ccccc2)(c2ccccc2)c2ccccc2)(O[Si](c2ccccc2)(c2ccccc2)c2ccccc2)c2ccccc2)cc1. The summed E-state index contributed by atoms with van der Waals surface area (Å²) >= 11 is 0. The molecule has 0 bridgehead atoms. The summed E-state index contributed by atoms with van der Waals surface area (Å²) in [5.74, 6) is 0. The summed E-state index contributed by atoms with van der Waals surface area (Å²) in [5, 5.41) is 9.10. The van der Waals surface area contributed by atoms with Crippen molar-refractivity contribution in [3.8, 4) is 0 Å². The molecule has 0 radical (unpaired) electrons. The minimum Gasteiger partial charge on any atom is -0.419 e. The van der Waals surface area contributed by atoms with Crippen LogP contribution in [0.5, 0.6) is 0 Å². The summed E-state index contributed by atoms with van der Waals surface area (Å²) in [6, 6.07) is 86.7. The molecule has 0 aliphatic rings. The fraction of sp³-hybridized carbons (Fsp3) is 0. The van der Waals surface area contributed by atoms with Crippen LogP contribution in [0.4, 0.5) is 0 Å². The Hall–Kier alpha value is -5.67. The molecule has 0 N–H and O–H groups in total. The Labute approximate surface area is 316 Å². The van der Waals surface area contributed by atoms with Crippen LogP contribution >= 0.6 is 0 Å². The molecule has 0 aromatic heterocycles. The van der Waals surface area contributed by atoms with E-state index in [1.807, 2.05) is 0 Å². The first-order chi connectivity index (χ1) is 26.3. The van der Waals surface area contributed by atoms with E-state index in [4.69, 9.17) is 8.23 Å². The lowest BCUT2D eigenvalue weighted by atomic mass is 10.3. The lowest BCUT2D eigenvalue weighted by molar-refractivity contribution is 0.430. The van der Waals surface area contributed by atoms with Gasteiger partial charge in [0.1, 0.15) is 0 Å². The molecule has 0 unspecified atom stereocenters. The quantitative estimate of drug-likeness (QED) is 0.120. The molecule has 0 saturated heterocycles. The van der Waals surface area contributed by atoms with Gasteiger partial charge in [-0.15, -0.1) is 0 Å². The molecule has 8 aromatic rings. The van der Waals surface area contributed by atoms with Crippen LogP contribution in [0.1, 0.15) is 0 Å². The van der Waals surface area contributed by atoms with Crippen molar-refractivity contribution in [2.75, 3.05) is 0 Å². The molecule has 0 aliphatic carbocycles. The van der Waals surface area contributed by atoms with Gasteiger partial charge in [-0.3, -0.25) is 0 Å². The van der Waals surface area contributed by atoms with Gasteiger partial charge in [0, 0.05) is 0 Å². The van der Waals surface area contributed by atoms with E-state index in [1.54, 1.807) is 0 Å². The van der Waals surface area contributed by atoms with Crippen molar-refractivity contribution >= 4 is 66.7 Å². The highest BCUT2D eigenvalue weighted by Crippen LogP contribution is 2.24. The Kier molecular flexibility index (Phi) is 10.1. The van der Waals surface area contributed by atoms with Crippen molar-refractivity contribution < 1.29 is 8.23 Å². The molecule has 0 heterocycles. The molecule has 53 heavy (non-hydrogen) atoms. The first-order valence-electron chi connectivity index (χ1n) is 18.1. The molecule has 0 amide bonds. The van der Waals surface area contributed by atoms with Crippen molar-refractivity contribution in [2.24, 2.45) is 0 Å². The van der Waals surface area contributed by atoms with Gasteiger partial charge in [0.2, 0.25) is 0 Å². The first-order valence-corrected chi connectivity index (χ1v) is 23.7. The lowest BCUT2D eigenvalue weighted by Gasteiger charge is -2.47. The Morgan fingerprint density at radius 3 is 0.509 bits per heavy atom. The fourth-order valence-electron chi connectivity index (χ4n) is 7.56. The molecule has 0 saturated carbocycles. The van der Waals surface area contributed by atoms with Gasteiger partial charge in [0.05, 0.1) is 0 Å². The number of hydrogen-bond acceptors (Lipinski definition) is 2. The lowest BCUT2D eigenvalue weighted by Crippen LogP contribution is -2.83. The van der Waals surface area contributed by atoms with Crippen molar-refractivity contribution in [1.82, 2.24) is 0 Å². The van der Waals surface area contributed by atoms with E-state index in [9.17, 15) is 0 Å². The van der Waals surface area contributed by atoms with E-state index >= 15 is 0 Å². The molecule has 5 heteroatoms. The number of hydrogen-bond donors (Lipinski definition) is 0. The van der Waals surface area contributed by atoms with Crippen LogP contribution in [0.2, 0.25) is 0 Å². The Morgan fingerprint density at radius 1 is 0.189 bits per heavy atom. The van der Waals surface area contributed by atoms with Gasteiger partial charge in [-0.1, -0.05) is 243 Å². The topological polar surface area (TPSA) is 18.5 Å². The molecule has 0 fully saturated rings. The third kappa shape index (κ3) is 6.50. The Bertz CT molecular complexity index is 1950. The summed E-state index contributed by atoms with van der Waals surface area (Å²) in [4.78, 5) is 0. The number of rotatable bonds is 12. The zero-order valence-corrected chi connectivity index (χ0v) is 32.4. The van der Waals surface area contributed by atoms with Crippen LogP contribution in [0.15, 0.2) is 243 Å². The second-order valence-electron chi connectivity index (χ2n) is 13.1. The zero-order valence-electron chi connectivity index (χ0n) is 29.4. The summed E-state index contributed by atoms with van der Waals surface area (Å²) in [6.07, 6.45) is 0. The van der Waals surface area contributed by atoms with Crippen LogP contribution in [0.25, 0.3) is 0 Å². The smallest absolute Gasteiger partial charge is 0.387 e. The predicted octanol–water partition coefficient (Wildman–Crippen LogP) is 5.61. The highest BCUT2D eigenvalue weighted by molar-refractivity contribution is 7.17. The van der Waals surface area contributed by atoms with E-state index in [-0.39, 0.29) is 0 Å². The fourth-order valence-corrected chi connectivity index (χ4v) is 23.8. The monoisotopic (exact) mass is 732 g/mol. The van der Waals surface area contributed by atoms with E-state index in [0.29, 0.717) is 0 Å². The van der Waals surface area contributed by atoms with E-state index in [1.165, 1.54) is 0 Å². The molecule has 256 valence electrons. The number of benzene rings is 8. The molecule has 0 aliphatic heterocycles. The molecule has 8 aromatic carbocycles. The summed E-state index contributed by atoms with van der Waals surface area (Å²) in [5.41, 5.74) is 0. The normalized spacial score (nSPS) is 11.9. The summed E-state index contributed by atoms with van der Waals surface area (Å²) < 4.78 is 17.1. The average molecular weight is 733 g/mol. The van der Waals surface area contributed by atoms with Crippen molar-refractivity contribution in [2.45, 2.75) is 0 Å². The molecule has 0 spiro atoms. The van der Waals surface area contributed by atoms with Gasteiger partial charge >= 0.3 is 8.56 Å². The largest absolute Gasteiger partial charge is 0.419 e. The standard InChI is InChI=1S/C48H40O2Si3/c1-9-25-41(26-10-1)51(42-27-11-2-12-28-42,43-29-13-3-14-30-43)49-53(47-37-21-7-22-38-47,48-39-23-8-24-40-48)50-52(44-31-15-4-16-32-44,45-33-17-5-18-34-45)46-35-19-6-20-36-46/h1-40H. The van der Waals surface area contributed by atoms with Crippen molar-refractivity contribution in [3.05, 3.63) is 243 Å². The van der Waals surface area contributed by atoms with E-state index in [2.05, 4.69) is 243 Å². The second kappa shape index (κ2) is 15.5. The van der Waals surface area contributed by atoms with Crippen LogP contribution in [0, 0.1) is 0 Å². The van der Waals surface area contributed by atoms with Gasteiger partial charge in [-0.2, -0.15) is 0 Å². The maximum Gasteiger partial charge on any atom is 0.387 e. The van der Waals surface area contributed by atoms with Gasteiger partial charge in [0.25, 0.3) is 16.6 Å². The first kappa shape index (κ1) is 34.4. The van der Waals surface area contributed by atoms with Gasteiger partial charge in [0.15, 0.2) is 0 Å². The maximum absolute atomic E-state index is 8.57. The third-order valence-corrected chi connectivity index (χ3v) is 23.8. The molecular formula is C48H40O2Si3.